The average Bonchev–Trinajstić information content (AvgIpc) is 2.44. The second kappa shape index (κ2) is 6.46. The molecule has 2 atom stereocenters. The number of amides is 1. The first-order valence-electron chi connectivity index (χ1n) is 7.76. The van der Waals surface area contributed by atoms with Gasteiger partial charge in [-0.15, -0.1) is 0 Å². The Bertz CT molecular complexity index is 505. The van der Waals surface area contributed by atoms with E-state index in [9.17, 15) is 9.18 Å². The first-order valence-corrected chi connectivity index (χ1v) is 7.76. The maximum absolute atomic E-state index is 13.7. The minimum Gasteiger partial charge on any atom is -0.398 e. The van der Waals surface area contributed by atoms with Crippen molar-refractivity contribution in [2.24, 2.45) is 11.8 Å². The summed E-state index contributed by atoms with van der Waals surface area (Å²) < 4.78 is 13.7. The summed E-state index contributed by atoms with van der Waals surface area (Å²) >= 11 is 0. The molecule has 1 aromatic carbocycles. The predicted octanol–water partition coefficient (Wildman–Crippen LogP) is 3.66. The van der Waals surface area contributed by atoms with Crippen molar-refractivity contribution in [3.63, 3.8) is 0 Å². The van der Waals surface area contributed by atoms with Gasteiger partial charge in [-0.1, -0.05) is 26.7 Å². The number of carbonyl (C=O) groups is 1. The number of rotatable bonds is 3. The highest BCUT2D eigenvalue weighted by Crippen LogP contribution is 2.30. The maximum atomic E-state index is 13.7. The van der Waals surface area contributed by atoms with Gasteiger partial charge >= 0.3 is 0 Å². The highest BCUT2D eigenvalue weighted by molar-refractivity contribution is 5.95. The topological polar surface area (TPSA) is 55.1 Å². The smallest absolute Gasteiger partial charge is 0.251 e. The first-order chi connectivity index (χ1) is 9.90. The van der Waals surface area contributed by atoms with Crippen LogP contribution in [0.15, 0.2) is 12.1 Å². The molecule has 1 fully saturated rings. The fraction of sp³-hybridized carbons (Fsp3) is 0.588. The largest absolute Gasteiger partial charge is 0.398 e. The highest BCUT2D eigenvalue weighted by Gasteiger charge is 2.29. The van der Waals surface area contributed by atoms with Gasteiger partial charge in [-0.25, -0.2) is 4.39 Å². The monoisotopic (exact) mass is 292 g/mol. The minimum absolute atomic E-state index is 0.178. The Hall–Kier alpha value is -1.58. The number of nitrogens with two attached hydrogens (primary N) is 1. The lowest BCUT2D eigenvalue weighted by atomic mass is 9.78. The lowest BCUT2D eigenvalue weighted by molar-refractivity contribution is 0.0888. The molecule has 0 spiro atoms. The summed E-state index contributed by atoms with van der Waals surface area (Å²) in [5, 5.41) is 3.08. The van der Waals surface area contributed by atoms with Crippen molar-refractivity contribution in [2.45, 2.75) is 52.5 Å². The molecule has 1 aliphatic rings. The predicted molar refractivity (Wildman–Crippen MR) is 83.6 cm³/mol. The first kappa shape index (κ1) is 15.8. The Balaban J connectivity index is 2.13. The van der Waals surface area contributed by atoms with Crippen molar-refractivity contribution in [3.05, 3.63) is 29.1 Å². The van der Waals surface area contributed by atoms with E-state index >= 15 is 0 Å². The van der Waals surface area contributed by atoms with Crippen LogP contribution in [0.5, 0.6) is 0 Å². The van der Waals surface area contributed by atoms with Crippen molar-refractivity contribution >= 4 is 11.6 Å². The summed E-state index contributed by atoms with van der Waals surface area (Å²) in [5.41, 5.74) is 6.77. The van der Waals surface area contributed by atoms with Crippen LogP contribution >= 0.6 is 0 Å². The highest BCUT2D eigenvalue weighted by atomic mass is 19.1. The molecule has 3 N–H and O–H groups in total. The van der Waals surface area contributed by atoms with E-state index < -0.39 is 5.82 Å². The van der Waals surface area contributed by atoms with E-state index in [0.717, 1.165) is 19.3 Å². The molecule has 1 aromatic rings. The second-order valence-electron chi connectivity index (χ2n) is 6.44. The lowest BCUT2D eigenvalue weighted by Crippen LogP contribution is -2.44. The van der Waals surface area contributed by atoms with Crippen LogP contribution in [-0.4, -0.2) is 11.9 Å². The molecule has 2 rings (SSSR count). The lowest BCUT2D eigenvalue weighted by Gasteiger charge is -2.35. The SMILES string of the molecule is Cc1c(N)cc(C(=O)NC2CCCCC2C(C)C)cc1F. The van der Waals surface area contributed by atoms with Crippen LogP contribution in [0.1, 0.15) is 55.5 Å². The zero-order valence-corrected chi connectivity index (χ0v) is 13.1. The summed E-state index contributed by atoms with van der Waals surface area (Å²) in [6.07, 6.45) is 4.51. The number of anilines is 1. The average molecular weight is 292 g/mol. The van der Waals surface area contributed by atoms with Gasteiger partial charge < -0.3 is 11.1 Å². The maximum Gasteiger partial charge on any atom is 0.251 e. The van der Waals surface area contributed by atoms with Crippen molar-refractivity contribution in [3.8, 4) is 0 Å². The molecule has 0 aromatic heterocycles. The van der Waals surface area contributed by atoms with Gasteiger partial charge in [0.2, 0.25) is 0 Å². The summed E-state index contributed by atoms with van der Waals surface area (Å²) in [4.78, 5) is 12.4. The molecule has 0 aliphatic heterocycles. The van der Waals surface area contributed by atoms with Gasteiger partial charge in [0.1, 0.15) is 5.82 Å². The van der Waals surface area contributed by atoms with E-state index in [2.05, 4.69) is 19.2 Å². The van der Waals surface area contributed by atoms with Crippen LogP contribution in [0.3, 0.4) is 0 Å². The normalized spacial score (nSPS) is 22.3. The van der Waals surface area contributed by atoms with Crippen molar-refractivity contribution in [1.29, 1.82) is 0 Å². The number of nitrogen functional groups attached to an aromatic ring is 1. The van der Waals surface area contributed by atoms with Gasteiger partial charge in [0.05, 0.1) is 0 Å². The number of benzene rings is 1. The van der Waals surface area contributed by atoms with E-state index in [1.165, 1.54) is 12.5 Å². The molecule has 1 aliphatic carbocycles. The Morgan fingerprint density at radius 3 is 2.62 bits per heavy atom. The third kappa shape index (κ3) is 3.55. The molecule has 4 heteroatoms. The Kier molecular flexibility index (Phi) is 4.86. The Labute approximate surface area is 126 Å². The van der Waals surface area contributed by atoms with Crippen LogP contribution in [0.2, 0.25) is 0 Å². The molecule has 1 amide bonds. The molecule has 21 heavy (non-hydrogen) atoms. The standard InChI is InChI=1S/C17H25FN2O/c1-10(2)13-6-4-5-7-16(13)20-17(21)12-8-14(18)11(3)15(19)9-12/h8-10,13,16H,4-7,19H2,1-3H3,(H,20,21). The summed E-state index contributed by atoms with van der Waals surface area (Å²) in [6, 6.07) is 3.01. The van der Waals surface area contributed by atoms with Crippen molar-refractivity contribution in [2.75, 3.05) is 5.73 Å². The Morgan fingerprint density at radius 1 is 1.33 bits per heavy atom. The van der Waals surface area contributed by atoms with Crippen LogP contribution in [0.4, 0.5) is 10.1 Å². The third-order valence-electron chi connectivity index (χ3n) is 4.64. The van der Waals surface area contributed by atoms with Crippen molar-refractivity contribution < 1.29 is 9.18 Å². The molecule has 0 heterocycles. The molecule has 0 radical (unpaired) electrons. The van der Waals surface area contributed by atoms with Crippen LogP contribution in [0, 0.1) is 24.6 Å². The molecule has 116 valence electrons. The van der Waals surface area contributed by atoms with E-state index in [1.807, 2.05) is 0 Å². The molecular formula is C17H25FN2O. The number of halogens is 1. The fourth-order valence-corrected chi connectivity index (χ4v) is 3.22. The Morgan fingerprint density at radius 2 is 2.00 bits per heavy atom. The van der Waals surface area contributed by atoms with E-state index in [1.54, 1.807) is 13.0 Å². The van der Waals surface area contributed by atoms with Crippen LogP contribution in [0.25, 0.3) is 0 Å². The molecule has 3 nitrogen and oxygen atoms in total. The van der Waals surface area contributed by atoms with E-state index in [4.69, 9.17) is 5.73 Å². The number of hydrogen-bond acceptors (Lipinski definition) is 2. The molecule has 1 saturated carbocycles. The molecule has 0 saturated heterocycles. The van der Waals surface area contributed by atoms with Crippen LogP contribution < -0.4 is 11.1 Å². The summed E-state index contributed by atoms with van der Waals surface area (Å²) in [7, 11) is 0. The minimum atomic E-state index is -0.427. The number of nitrogens with one attached hydrogen (secondary N) is 1. The number of carbonyl (C=O) groups excluding carboxylic acids is 1. The van der Waals surface area contributed by atoms with Gasteiger partial charge in [-0.05, 0) is 43.7 Å². The van der Waals surface area contributed by atoms with Crippen LogP contribution in [-0.2, 0) is 0 Å². The van der Waals surface area contributed by atoms with Gasteiger partial charge in [0.15, 0.2) is 0 Å². The zero-order valence-electron chi connectivity index (χ0n) is 13.1. The number of hydrogen-bond donors (Lipinski definition) is 2. The quantitative estimate of drug-likeness (QED) is 0.835. The zero-order chi connectivity index (χ0) is 15.6. The van der Waals surface area contributed by atoms with Crippen molar-refractivity contribution in [1.82, 2.24) is 5.32 Å². The van der Waals surface area contributed by atoms with E-state index in [-0.39, 0.29) is 11.9 Å². The summed E-state index contributed by atoms with van der Waals surface area (Å²) in [5.74, 6) is 0.383. The van der Waals surface area contributed by atoms with Gasteiger partial charge in [0, 0.05) is 22.9 Å². The third-order valence-corrected chi connectivity index (χ3v) is 4.64. The summed E-state index contributed by atoms with van der Waals surface area (Å²) in [6.45, 7) is 6.00. The van der Waals surface area contributed by atoms with Gasteiger partial charge in [0.25, 0.3) is 5.91 Å². The molecule has 0 bridgehead atoms. The second-order valence-corrected chi connectivity index (χ2v) is 6.44. The molecule has 2 unspecified atom stereocenters. The molecular weight excluding hydrogens is 267 g/mol. The van der Waals surface area contributed by atoms with E-state index in [0.29, 0.717) is 28.7 Å². The fourth-order valence-electron chi connectivity index (χ4n) is 3.22. The van der Waals surface area contributed by atoms with Gasteiger partial charge in [-0.3, -0.25) is 4.79 Å². The van der Waals surface area contributed by atoms with Gasteiger partial charge in [-0.2, -0.15) is 0 Å².